The maximum Gasteiger partial charge on any atom is 0.178 e. The van der Waals surface area contributed by atoms with Gasteiger partial charge in [-0.05, 0) is 25.0 Å². The Morgan fingerprint density at radius 3 is 2.94 bits per heavy atom. The highest BCUT2D eigenvalue weighted by Crippen LogP contribution is 2.20. The highest BCUT2D eigenvalue weighted by atomic mass is 16.5. The molecule has 0 aliphatic carbocycles. The van der Waals surface area contributed by atoms with Gasteiger partial charge in [0, 0.05) is 27.1 Å². The normalized spacial score (nSPS) is 20.4. The molecule has 1 unspecified atom stereocenters. The van der Waals surface area contributed by atoms with Gasteiger partial charge in [-0.1, -0.05) is 0 Å². The van der Waals surface area contributed by atoms with Crippen LogP contribution in [-0.4, -0.2) is 37.1 Å². The summed E-state index contributed by atoms with van der Waals surface area (Å²) >= 11 is 0. The molecule has 1 aliphatic rings. The third kappa shape index (κ3) is 2.82. The number of ether oxygens (including phenoxy) is 1. The summed E-state index contributed by atoms with van der Waals surface area (Å²) in [6.07, 6.45) is 4.32. The maximum atomic E-state index is 11.1. The van der Waals surface area contributed by atoms with Gasteiger partial charge >= 0.3 is 0 Å². The van der Waals surface area contributed by atoms with Crippen LogP contribution in [0.1, 0.15) is 30.3 Å². The summed E-state index contributed by atoms with van der Waals surface area (Å²) in [7, 11) is 1.76. The molecule has 17 heavy (non-hydrogen) atoms. The lowest BCUT2D eigenvalue weighted by atomic mass is 10.1. The number of nitrogens with zero attached hydrogens (tertiary/aromatic N) is 2. The van der Waals surface area contributed by atoms with Crippen LogP contribution >= 0.6 is 0 Å². The molecular weight excluding hydrogens is 216 g/mol. The molecule has 1 aromatic heterocycles. The Hall–Kier alpha value is -1.42. The third-order valence-corrected chi connectivity index (χ3v) is 3.19. The molecule has 0 aromatic carbocycles. The van der Waals surface area contributed by atoms with Gasteiger partial charge in [-0.25, -0.2) is 0 Å². The summed E-state index contributed by atoms with van der Waals surface area (Å²) in [6.45, 7) is 3.46. The second-order valence-corrected chi connectivity index (χ2v) is 4.40. The van der Waals surface area contributed by atoms with Gasteiger partial charge in [0.2, 0.25) is 0 Å². The van der Waals surface area contributed by atoms with E-state index in [0.717, 1.165) is 31.6 Å². The van der Waals surface area contributed by atoms with E-state index in [1.165, 1.54) is 6.92 Å². The number of piperidine rings is 1. The van der Waals surface area contributed by atoms with Crippen LogP contribution < -0.4 is 4.90 Å². The second kappa shape index (κ2) is 5.27. The highest BCUT2D eigenvalue weighted by molar-refractivity contribution is 5.92. The monoisotopic (exact) mass is 234 g/mol. The minimum atomic E-state index is 0.00459. The first-order valence-corrected chi connectivity index (χ1v) is 5.95. The molecule has 1 aromatic rings. The van der Waals surface area contributed by atoms with Crippen LogP contribution in [0.3, 0.4) is 0 Å². The van der Waals surface area contributed by atoms with E-state index in [4.69, 9.17) is 4.74 Å². The second-order valence-electron chi connectivity index (χ2n) is 4.40. The van der Waals surface area contributed by atoms with Crippen molar-refractivity contribution in [2.24, 2.45) is 0 Å². The summed E-state index contributed by atoms with van der Waals surface area (Å²) in [4.78, 5) is 17.6. The number of carbonyl (C=O) groups is 1. The Morgan fingerprint density at radius 1 is 1.53 bits per heavy atom. The summed E-state index contributed by atoms with van der Waals surface area (Å²) in [5.74, 6) is 0.00459. The first-order chi connectivity index (χ1) is 8.20. The van der Waals surface area contributed by atoms with Gasteiger partial charge in [0.05, 0.1) is 18.0 Å². The van der Waals surface area contributed by atoms with Crippen LogP contribution in [0, 0.1) is 0 Å². The number of hydrogen-bond donors (Lipinski definition) is 0. The standard InChI is InChI=1S/C13H18N2O2/c1-10(16)13-6-5-11(8-14-13)15-7-3-4-12(9-15)17-2/h5-6,8,12H,3-4,7,9H2,1-2H3. The molecule has 2 rings (SSSR count). The largest absolute Gasteiger partial charge is 0.380 e. The summed E-state index contributed by atoms with van der Waals surface area (Å²) in [5, 5.41) is 0. The van der Waals surface area contributed by atoms with Crippen LogP contribution in [0.15, 0.2) is 18.3 Å². The van der Waals surface area contributed by atoms with Gasteiger partial charge in [0.25, 0.3) is 0 Å². The first kappa shape index (κ1) is 12.0. The molecule has 2 heterocycles. The zero-order chi connectivity index (χ0) is 12.3. The fraction of sp³-hybridized carbons (Fsp3) is 0.538. The van der Waals surface area contributed by atoms with E-state index in [0.29, 0.717) is 11.8 Å². The number of pyridine rings is 1. The zero-order valence-electron chi connectivity index (χ0n) is 10.3. The van der Waals surface area contributed by atoms with Gasteiger partial charge in [-0.3, -0.25) is 9.78 Å². The van der Waals surface area contributed by atoms with Gasteiger partial charge in [-0.15, -0.1) is 0 Å². The van der Waals surface area contributed by atoms with Crippen molar-refractivity contribution in [3.8, 4) is 0 Å². The molecular formula is C13H18N2O2. The predicted octanol–water partition coefficient (Wildman–Crippen LogP) is 1.90. The number of aromatic nitrogens is 1. The van der Waals surface area contributed by atoms with Crippen molar-refractivity contribution in [2.45, 2.75) is 25.9 Å². The molecule has 4 heteroatoms. The maximum absolute atomic E-state index is 11.1. The van der Waals surface area contributed by atoms with E-state index in [1.807, 2.05) is 6.07 Å². The zero-order valence-corrected chi connectivity index (χ0v) is 10.3. The molecule has 1 aliphatic heterocycles. The van der Waals surface area contributed by atoms with E-state index in [2.05, 4.69) is 9.88 Å². The number of methoxy groups -OCH3 is 1. The van der Waals surface area contributed by atoms with Gasteiger partial charge in [0.15, 0.2) is 5.78 Å². The average molecular weight is 234 g/mol. The molecule has 0 N–H and O–H groups in total. The molecule has 1 saturated heterocycles. The summed E-state index contributed by atoms with van der Waals surface area (Å²) in [6, 6.07) is 3.75. The van der Waals surface area contributed by atoms with Crippen molar-refractivity contribution in [1.82, 2.24) is 4.98 Å². The van der Waals surface area contributed by atoms with Crippen LogP contribution in [0.25, 0.3) is 0 Å². The highest BCUT2D eigenvalue weighted by Gasteiger charge is 2.19. The topological polar surface area (TPSA) is 42.4 Å². The fourth-order valence-electron chi connectivity index (χ4n) is 2.15. The minimum Gasteiger partial charge on any atom is -0.380 e. The van der Waals surface area contributed by atoms with Gasteiger partial charge in [-0.2, -0.15) is 0 Å². The van der Waals surface area contributed by atoms with Crippen molar-refractivity contribution < 1.29 is 9.53 Å². The lowest BCUT2D eigenvalue weighted by molar-refractivity contribution is 0.0893. The Kier molecular flexibility index (Phi) is 3.74. The number of anilines is 1. The quantitative estimate of drug-likeness (QED) is 0.749. The first-order valence-electron chi connectivity index (χ1n) is 5.95. The predicted molar refractivity (Wildman–Crippen MR) is 66.5 cm³/mol. The van der Waals surface area contributed by atoms with Crippen LogP contribution in [0.4, 0.5) is 5.69 Å². The van der Waals surface area contributed by atoms with Gasteiger partial charge < -0.3 is 9.64 Å². The van der Waals surface area contributed by atoms with Crippen molar-refractivity contribution in [1.29, 1.82) is 0 Å². The Labute approximate surface area is 102 Å². The molecule has 0 bridgehead atoms. The molecule has 0 amide bonds. The minimum absolute atomic E-state index is 0.00459. The van der Waals surface area contributed by atoms with Crippen molar-refractivity contribution in [3.05, 3.63) is 24.0 Å². The van der Waals surface area contributed by atoms with E-state index in [9.17, 15) is 4.79 Å². The number of ketones is 1. The van der Waals surface area contributed by atoms with E-state index in [1.54, 1.807) is 19.4 Å². The third-order valence-electron chi connectivity index (χ3n) is 3.19. The van der Waals surface area contributed by atoms with Crippen molar-refractivity contribution in [3.63, 3.8) is 0 Å². The Balaban J connectivity index is 2.08. The Morgan fingerprint density at radius 2 is 2.35 bits per heavy atom. The molecule has 1 fully saturated rings. The van der Waals surface area contributed by atoms with Crippen LogP contribution in [-0.2, 0) is 4.74 Å². The number of hydrogen-bond acceptors (Lipinski definition) is 4. The molecule has 0 radical (unpaired) electrons. The molecule has 1 atom stereocenters. The van der Waals surface area contributed by atoms with E-state index < -0.39 is 0 Å². The average Bonchev–Trinajstić information content (AvgIpc) is 2.39. The smallest absolute Gasteiger partial charge is 0.178 e. The number of carbonyl (C=O) groups excluding carboxylic acids is 1. The number of rotatable bonds is 3. The van der Waals surface area contributed by atoms with Crippen LogP contribution in [0.5, 0.6) is 0 Å². The molecule has 0 spiro atoms. The van der Waals surface area contributed by atoms with Gasteiger partial charge in [0.1, 0.15) is 5.69 Å². The van der Waals surface area contributed by atoms with Crippen LogP contribution in [0.2, 0.25) is 0 Å². The van der Waals surface area contributed by atoms with Crippen molar-refractivity contribution >= 4 is 11.5 Å². The molecule has 0 saturated carbocycles. The molecule has 4 nitrogen and oxygen atoms in total. The fourth-order valence-corrected chi connectivity index (χ4v) is 2.15. The lowest BCUT2D eigenvalue weighted by Crippen LogP contribution is -2.39. The number of Topliss-reactive ketones (excluding diaryl/α,β-unsaturated/α-hetero) is 1. The van der Waals surface area contributed by atoms with E-state index in [-0.39, 0.29) is 5.78 Å². The molecule has 92 valence electrons. The van der Waals surface area contributed by atoms with E-state index >= 15 is 0 Å². The SMILES string of the molecule is COC1CCCN(c2ccc(C(C)=O)nc2)C1. The Bertz CT molecular complexity index is 389. The lowest BCUT2D eigenvalue weighted by Gasteiger charge is -2.33. The summed E-state index contributed by atoms with van der Waals surface area (Å²) in [5.41, 5.74) is 1.59. The van der Waals surface area contributed by atoms with Crippen molar-refractivity contribution in [2.75, 3.05) is 25.1 Å². The summed E-state index contributed by atoms with van der Waals surface area (Å²) < 4.78 is 5.39.